The number of halogens is 1. The van der Waals surface area contributed by atoms with E-state index in [4.69, 9.17) is 9.57 Å². The van der Waals surface area contributed by atoms with E-state index in [1.54, 1.807) is 27.7 Å². The number of ether oxygens (including phenoxy) is 1. The van der Waals surface area contributed by atoms with Gasteiger partial charge in [-0.2, -0.15) is 0 Å². The predicted octanol–water partition coefficient (Wildman–Crippen LogP) is 3.48. The Morgan fingerprint density at radius 3 is 2.66 bits per heavy atom. The third-order valence-electron chi connectivity index (χ3n) is 4.65. The van der Waals surface area contributed by atoms with Gasteiger partial charge in [-0.25, -0.2) is 13.2 Å². The molecule has 1 atom stereocenters. The van der Waals surface area contributed by atoms with Crippen LogP contribution in [-0.2, 0) is 35.6 Å². The van der Waals surface area contributed by atoms with Crippen LogP contribution >= 0.6 is 15.9 Å². The number of sulfone groups is 1. The molecule has 1 saturated heterocycles. The number of fused-ring (bicyclic) bond motifs is 1. The maximum absolute atomic E-state index is 12.8. The number of oxime groups is 1. The number of hydrogen-bond acceptors (Lipinski definition) is 7. The Kier molecular flexibility index (Phi) is 6.67. The second-order valence-electron chi connectivity index (χ2n) is 8.70. The highest BCUT2D eigenvalue weighted by Crippen LogP contribution is 2.40. The molecule has 2 aliphatic rings. The minimum atomic E-state index is -3.71. The molecule has 1 fully saturated rings. The molecule has 1 unspecified atom stereocenters. The van der Waals surface area contributed by atoms with Crippen molar-refractivity contribution in [3.63, 3.8) is 0 Å². The summed E-state index contributed by atoms with van der Waals surface area (Å²) < 4.78 is 31.9. The molecule has 0 radical (unpaired) electrons. The van der Waals surface area contributed by atoms with Crippen molar-refractivity contribution in [3.8, 4) is 0 Å². The number of hydrogen-bond donors (Lipinski definition) is 0. The minimum Gasteiger partial charge on any atom is -0.455 e. The van der Waals surface area contributed by atoms with E-state index in [-0.39, 0.29) is 29.2 Å². The maximum Gasteiger partial charge on any atom is 0.355 e. The van der Waals surface area contributed by atoms with Gasteiger partial charge in [0, 0.05) is 4.47 Å². The van der Waals surface area contributed by atoms with E-state index < -0.39 is 32.7 Å². The van der Waals surface area contributed by atoms with Crippen molar-refractivity contribution >= 4 is 43.4 Å². The highest BCUT2D eigenvalue weighted by atomic mass is 79.9. The molecule has 0 N–H and O–H groups in total. The van der Waals surface area contributed by atoms with Crippen LogP contribution in [0.1, 0.15) is 40.2 Å². The summed E-state index contributed by atoms with van der Waals surface area (Å²) in [5.74, 6) is -1.62. The standard InChI is InChI=1S/C22H25BrN2O6S/c1-13-12-32(28,29)20-17(19(26)25(20)18(13)21(27)31-22(3,4)5)9-14(2)24-30-11-15-7-6-8-16(23)10-15/h6-10,20H,11-12H2,1-5H3/b17-9-,24-14-. The molecule has 0 bridgehead atoms. The summed E-state index contributed by atoms with van der Waals surface area (Å²) in [4.78, 5) is 31.8. The zero-order valence-corrected chi connectivity index (χ0v) is 20.9. The first-order valence-electron chi connectivity index (χ1n) is 9.91. The largest absolute Gasteiger partial charge is 0.455 e. The van der Waals surface area contributed by atoms with Gasteiger partial charge in [0.05, 0.1) is 17.0 Å². The lowest BCUT2D eigenvalue weighted by atomic mass is 10.0. The number of β-lactam (4-membered cyclic amide) rings is 1. The number of esters is 1. The summed E-state index contributed by atoms with van der Waals surface area (Å²) in [6.07, 6.45) is 1.38. The fourth-order valence-electron chi connectivity index (χ4n) is 3.47. The molecule has 0 saturated carbocycles. The first-order chi connectivity index (χ1) is 14.8. The van der Waals surface area contributed by atoms with Gasteiger partial charge in [-0.15, -0.1) is 0 Å². The number of benzene rings is 1. The molecule has 172 valence electrons. The van der Waals surface area contributed by atoms with Crippen molar-refractivity contribution in [1.82, 2.24) is 4.90 Å². The van der Waals surface area contributed by atoms with Crippen molar-refractivity contribution in [2.45, 2.75) is 52.2 Å². The molecule has 32 heavy (non-hydrogen) atoms. The molecule has 0 aliphatic carbocycles. The summed E-state index contributed by atoms with van der Waals surface area (Å²) in [6.45, 7) is 8.45. The molecular formula is C22H25BrN2O6S. The molecule has 1 amide bonds. The third kappa shape index (κ3) is 5.12. The Morgan fingerprint density at radius 1 is 1.34 bits per heavy atom. The molecule has 8 nitrogen and oxygen atoms in total. The van der Waals surface area contributed by atoms with E-state index in [0.29, 0.717) is 5.71 Å². The number of rotatable bonds is 5. The zero-order valence-electron chi connectivity index (χ0n) is 18.5. The van der Waals surface area contributed by atoms with Gasteiger partial charge in [0.1, 0.15) is 17.9 Å². The topological polar surface area (TPSA) is 102 Å². The Hall–Kier alpha value is -2.46. The molecular weight excluding hydrogens is 500 g/mol. The fraction of sp³-hybridized carbons (Fsp3) is 0.409. The number of carbonyl (C=O) groups excluding carboxylic acids is 2. The Morgan fingerprint density at radius 2 is 2.03 bits per heavy atom. The summed E-state index contributed by atoms with van der Waals surface area (Å²) in [7, 11) is -3.71. The van der Waals surface area contributed by atoms with Crippen molar-refractivity contribution in [2.75, 3.05) is 5.75 Å². The first-order valence-corrected chi connectivity index (χ1v) is 12.4. The van der Waals surface area contributed by atoms with Crippen LogP contribution in [0.3, 0.4) is 0 Å². The van der Waals surface area contributed by atoms with E-state index in [1.807, 2.05) is 24.3 Å². The molecule has 2 heterocycles. The van der Waals surface area contributed by atoms with Crippen molar-refractivity contribution in [2.24, 2.45) is 5.16 Å². The lowest BCUT2D eigenvalue weighted by Crippen LogP contribution is -2.62. The fourth-order valence-corrected chi connectivity index (χ4v) is 5.89. The number of carbonyl (C=O) groups is 2. The Balaban J connectivity index is 1.81. The number of nitrogens with zero attached hydrogens (tertiary/aromatic N) is 2. The quantitative estimate of drug-likeness (QED) is 0.192. The maximum atomic E-state index is 12.8. The molecule has 1 aromatic rings. The predicted molar refractivity (Wildman–Crippen MR) is 123 cm³/mol. The van der Waals surface area contributed by atoms with E-state index >= 15 is 0 Å². The lowest BCUT2D eigenvalue weighted by Gasteiger charge is -2.45. The number of allylic oxidation sites excluding steroid dienone is 1. The summed E-state index contributed by atoms with van der Waals surface area (Å²) in [6, 6.07) is 7.53. The number of amides is 1. The van der Waals surface area contributed by atoms with Gasteiger partial charge in [-0.1, -0.05) is 33.2 Å². The minimum absolute atomic E-state index is 0.0117. The SMILES string of the molecule is CC1=C(C(=O)OC(C)(C)C)N2C(=O)/C(=C/C(C)=N\OCc3cccc(Br)c3)C2S(=O)(=O)C1. The normalized spacial score (nSPS) is 21.9. The molecule has 0 spiro atoms. The Bertz CT molecular complexity index is 1160. The molecule has 10 heteroatoms. The molecule has 3 rings (SSSR count). The highest BCUT2D eigenvalue weighted by molar-refractivity contribution is 9.10. The van der Waals surface area contributed by atoms with E-state index in [9.17, 15) is 18.0 Å². The Labute approximate surface area is 196 Å². The van der Waals surface area contributed by atoms with Gasteiger partial charge in [-0.05, 0) is 64.0 Å². The van der Waals surface area contributed by atoms with Crippen LogP contribution in [0.25, 0.3) is 0 Å². The first kappa shape index (κ1) is 24.2. The van der Waals surface area contributed by atoms with E-state index in [0.717, 1.165) is 14.9 Å². The van der Waals surface area contributed by atoms with Crippen LogP contribution < -0.4 is 0 Å². The lowest BCUT2D eigenvalue weighted by molar-refractivity contribution is -0.155. The van der Waals surface area contributed by atoms with Gasteiger partial charge in [-0.3, -0.25) is 9.69 Å². The monoisotopic (exact) mass is 524 g/mol. The van der Waals surface area contributed by atoms with Crippen molar-refractivity contribution in [3.05, 3.63) is 57.2 Å². The summed E-state index contributed by atoms with van der Waals surface area (Å²) in [5, 5.41) is 2.72. The second kappa shape index (κ2) is 8.82. The summed E-state index contributed by atoms with van der Waals surface area (Å²) in [5.41, 5.74) is 0.770. The van der Waals surface area contributed by atoms with Gasteiger partial charge in [0.25, 0.3) is 5.91 Å². The van der Waals surface area contributed by atoms with Crippen LogP contribution in [0.15, 0.2) is 56.8 Å². The van der Waals surface area contributed by atoms with Crippen LogP contribution in [-0.4, -0.2) is 47.6 Å². The van der Waals surface area contributed by atoms with E-state index in [1.165, 1.54) is 13.0 Å². The van der Waals surface area contributed by atoms with Crippen molar-refractivity contribution < 1.29 is 27.6 Å². The molecule has 2 aliphatic heterocycles. The zero-order chi connectivity index (χ0) is 23.8. The van der Waals surface area contributed by atoms with Crippen LogP contribution in [0.2, 0.25) is 0 Å². The van der Waals surface area contributed by atoms with E-state index in [2.05, 4.69) is 21.1 Å². The van der Waals surface area contributed by atoms with Crippen LogP contribution in [0.4, 0.5) is 0 Å². The third-order valence-corrected chi connectivity index (χ3v) is 7.13. The molecule has 0 aromatic heterocycles. The van der Waals surface area contributed by atoms with Gasteiger partial charge < -0.3 is 9.57 Å². The van der Waals surface area contributed by atoms with Crippen LogP contribution in [0, 0.1) is 0 Å². The highest BCUT2D eigenvalue weighted by Gasteiger charge is 2.56. The van der Waals surface area contributed by atoms with Gasteiger partial charge in [0.2, 0.25) is 0 Å². The van der Waals surface area contributed by atoms with Gasteiger partial charge in [0.15, 0.2) is 15.2 Å². The molecule has 1 aromatic carbocycles. The van der Waals surface area contributed by atoms with Crippen LogP contribution in [0.5, 0.6) is 0 Å². The van der Waals surface area contributed by atoms with Crippen molar-refractivity contribution in [1.29, 1.82) is 0 Å². The average molecular weight is 525 g/mol. The smallest absolute Gasteiger partial charge is 0.355 e. The second-order valence-corrected chi connectivity index (χ2v) is 11.7. The summed E-state index contributed by atoms with van der Waals surface area (Å²) >= 11 is 3.38. The average Bonchev–Trinajstić information content (AvgIpc) is 2.63. The van der Waals surface area contributed by atoms with Gasteiger partial charge >= 0.3 is 5.97 Å².